The number of hydrogen-bond acceptors (Lipinski definition) is 3. The zero-order valence-electron chi connectivity index (χ0n) is 11.1. The van der Waals surface area contributed by atoms with Gasteiger partial charge in [0, 0.05) is 21.7 Å². The Balaban J connectivity index is 3.16. The maximum atomic E-state index is 12.1. The molecule has 0 atom stereocenters. The van der Waals surface area contributed by atoms with Gasteiger partial charge in [0.25, 0.3) is 15.0 Å². The van der Waals surface area contributed by atoms with E-state index in [0.717, 1.165) is 6.07 Å². The van der Waals surface area contributed by atoms with Crippen molar-refractivity contribution >= 4 is 53.2 Å². The first kappa shape index (κ1) is 17.8. The highest BCUT2D eigenvalue weighted by Gasteiger charge is 2.21. The molecule has 112 valence electrons. The van der Waals surface area contributed by atoms with Crippen molar-refractivity contribution in [1.29, 1.82) is 0 Å². The molecule has 8 heteroatoms. The summed E-state index contributed by atoms with van der Waals surface area (Å²) >= 11 is 9.02. The van der Waals surface area contributed by atoms with Crippen LogP contribution in [0.2, 0.25) is 5.02 Å². The van der Waals surface area contributed by atoms with E-state index in [2.05, 4.69) is 21.2 Å². The number of carbonyl (C=O) groups is 1. The fraction of sp³-hybridized carbons (Fsp3) is 0.417. The van der Waals surface area contributed by atoms with Crippen LogP contribution in [-0.4, -0.2) is 20.9 Å². The van der Waals surface area contributed by atoms with Crippen LogP contribution in [0.15, 0.2) is 21.5 Å². The largest absolute Gasteiger partial charge is 0.351 e. The van der Waals surface area contributed by atoms with E-state index in [0.29, 0.717) is 6.54 Å². The van der Waals surface area contributed by atoms with Gasteiger partial charge in [0.1, 0.15) is 0 Å². The summed E-state index contributed by atoms with van der Waals surface area (Å²) < 4.78 is 23.0. The van der Waals surface area contributed by atoms with Crippen LogP contribution >= 0.6 is 38.2 Å². The van der Waals surface area contributed by atoms with Crippen molar-refractivity contribution in [2.75, 3.05) is 6.54 Å². The Bertz CT molecular complexity index is 639. The van der Waals surface area contributed by atoms with Crippen molar-refractivity contribution in [1.82, 2.24) is 5.32 Å². The maximum absolute atomic E-state index is 12.1. The lowest BCUT2D eigenvalue weighted by Gasteiger charge is -2.19. The Morgan fingerprint density at radius 3 is 2.35 bits per heavy atom. The molecule has 0 aliphatic heterocycles. The quantitative estimate of drug-likeness (QED) is 0.782. The lowest BCUT2D eigenvalue weighted by atomic mass is 9.97. The van der Waals surface area contributed by atoms with Crippen molar-refractivity contribution < 1.29 is 13.2 Å². The van der Waals surface area contributed by atoms with E-state index in [9.17, 15) is 13.2 Å². The van der Waals surface area contributed by atoms with Gasteiger partial charge in [-0.1, -0.05) is 32.4 Å². The number of amides is 1. The van der Waals surface area contributed by atoms with Crippen molar-refractivity contribution in [3.63, 3.8) is 0 Å². The minimum Gasteiger partial charge on any atom is -0.351 e. The molecule has 0 unspecified atom stereocenters. The Labute approximate surface area is 136 Å². The Hall–Kier alpha value is -0.300. The summed E-state index contributed by atoms with van der Waals surface area (Å²) in [5.41, 5.74) is -0.0304. The molecular weight excluding hydrogens is 389 g/mol. The minimum absolute atomic E-state index is 0.0679. The third-order valence-electron chi connectivity index (χ3n) is 2.31. The van der Waals surface area contributed by atoms with Crippen molar-refractivity contribution in [2.45, 2.75) is 25.7 Å². The highest BCUT2D eigenvalue weighted by atomic mass is 79.9. The first-order chi connectivity index (χ1) is 8.92. The molecule has 0 aliphatic carbocycles. The minimum atomic E-state index is -3.96. The number of carbonyl (C=O) groups excluding carboxylic acids is 1. The van der Waals surface area contributed by atoms with Gasteiger partial charge >= 0.3 is 0 Å². The maximum Gasteiger partial charge on any atom is 0.262 e. The number of rotatable bonds is 3. The summed E-state index contributed by atoms with van der Waals surface area (Å²) in [5, 5.41) is 2.85. The first-order valence-electron chi connectivity index (χ1n) is 5.64. The van der Waals surface area contributed by atoms with Crippen molar-refractivity contribution in [3.8, 4) is 0 Å². The van der Waals surface area contributed by atoms with E-state index in [1.807, 2.05) is 20.8 Å². The van der Waals surface area contributed by atoms with Gasteiger partial charge in [-0.15, -0.1) is 0 Å². The molecule has 1 amide bonds. The summed E-state index contributed by atoms with van der Waals surface area (Å²) in [5.74, 6) is -0.445. The number of hydrogen-bond donors (Lipinski definition) is 1. The van der Waals surface area contributed by atoms with Gasteiger partial charge in [0.05, 0.1) is 15.5 Å². The summed E-state index contributed by atoms with van der Waals surface area (Å²) in [6, 6.07) is 2.50. The summed E-state index contributed by atoms with van der Waals surface area (Å²) in [6.07, 6.45) is 0. The summed E-state index contributed by atoms with van der Waals surface area (Å²) in [7, 11) is 1.35. The van der Waals surface area contributed by atoms with Crippen LogP contribution in [-0.2, 0) is 9.05 Å². The normalized spacial score (nSPS) is 12.3. The highest BCUT2D eigenvalue weighted by molar-refractivity contribution is 9.10. The molecule has 1 aromatic rings. The Kier molecular flexibility index (Phi) is 5.52. The molecule has 0 bridgehead atoms. The number of nitrogens with one attached hydrogen (secondary N) is 1. The van der Waals surface area contributed by atoms with E-state index in [1.165, 1.54) is 6.07 Å². The molecule has 0 saturated heterocycles. The SMILES string of the molecule is CC(C)(C)CNC(=O)c1cc(S(=O)(=O)Cl)c(Br)cc1Cl. The lowest BCUT2D eigenvalue weighted by molar-refractivity contribution is 0.0939. The molecule has 0 heterocycles. The van der Waals surface area contributed by atoms with E-state index in [-0.39, 0.29) is 25.4 Å². The molecule has 0 fully saturated rings. The predicted molar refractivity (Wildman–Crippen MR) is 84.0 cm³/mol. The second-order valence-electron chi connectivity index (χ2n) is 5.44. The zero-order valence-corrected chi connectivity index (χ0v) is 15.0. The van der Waals surface area contributed by atoms with Gasteiger partial charge in [0.15, 0.2) is 0 Å². The molecular formula is C12H14BrCl2NO3S. The third kappa shape index (κ3) is 4.91. The van der Waals surface area contributed by atoms with Gasteiger partial charge in [-0.05, 0) is 33.5 Å². The molecule has 0 radical (unpaired) electrons. The average molecular weight is 403 g/mol. The Morgan fingerprint density at radius 2 is 1.90 bits per heavy atom. The van der Waals surface area contributed by atoms with E-state index >= 15 is 0 Å². The number of halogens is 3. The highest BCUT2D eigenvalue weighted by Crippen LogP contribution is 2.31. The topological polar surface area (TPSA) is 63.2 Å². The fourth-order valence-corrected chi connectivity index (χ4v) is 3.91. The zero-order chi connectivity index (χ0) is 15.7. The third-order valence-corrected chi connectivity index (χ3v) is 4.90. The molecule has 20 heavy (non-hydrogen) atoms. The number of benzene rings is 1. The molecule has 0 aliphatic rings. The summed E-state index contributed by atoms with van der Waals surface area (Å²) in [4.78, 5) is 11.9. The van der Waals surface area contributed by atoms with E-state index in [1.54, 1.807) is 0 Å². The first-order valence-corrected chi connectivity index (χ1v) is 9.12. The Morgan fingerprint density at radius 1 is 1.35 bits per heavy atom. The molecule has 0 saturated carbocycles. The van der Waals surface area contributed by atoms with E-state index in [4.69, 9.17) is 22.3 Å². The van der Waals surface area contributed by atoms with Crippen molar-refractivity contribution in [2.24, 2.45) is 5.41 Å². The van der Waals surface area contributed by atoms with Gasteiger partial charge in [-0.2, -0.15) is 0 Å². The molecule has 0 spiro atoms. The second kappa shape index (κ2) is 6.22. The predicted octanol–water partition coefficient (Wildman–Crippen LogP) is 3.81. The van der Waals surface area contributed by atoms with Gasteiger partial charge in [-0.25, -0.2) is 8.42 Å². The van der Waals surface area contributed by atoms with Crippen LogP contribution in [0, 0.1) is 5.41 Å². The molecule has 1 N–H and O–H groups in total. The standard InChI is InChI=1S/C12H14BrCl2NO3S/c1-12(2,3)6-16-11(17)7-4-10(20(15,18)19)8(13)5-9(7)14/h4-5H,6H2,1-3H3,(H,16,17). The smallest absolute Gasteiger partial charge is 0.262 e. The van der Waals surface area contributed by atoms with E-state index < -0.39 is 15.0 Å². The molecule has 1 rings (SSSR count). The fourth-order valence-electron chi connectivity index (χ4n) is 1.33. The van der Waals surface area contributed by atoms with Crippen LogP contribution in [0.5, 0.6) is 0 Å². The molecule has 4 nitrogen and oxygen atoms in total. The van der Waals surface area contributed by atoms with Crippen LogP contribution < -0.4 is 5.32 Å². The molecule has 1 aromatic carbocycles. The van der Waals surface area contributed by atoms with Crippen LogP contribution in [0.1, 0.15) is 31.1 Å². The van der Waals surface area contributed by atoms with Gasteiger partial charge in [-0.3, -0.25) is 4.79 Å². The van der Waals surface area contributed by atoms with Crippen LogP contribution in [0.3, 0.4) is 0 Å². The summed E-state index contributed by atoms with van der Waals surface area (Å²) in [6.45, 7) is 6.32. The van der Waals surface area contributed by atoms with Gasteiger partial charge in [0.2, 0.25) is 0 Å². The monoisotopic (exact) mass is 401 g/mol. The van der Waals surface area contributed by atoms with Crippen LogP contribution in [0.4, 0.5) is 0 Å². The lowest BCUT2D eigenvalue weighted by Crippen LogP contribution is -2.32. The molecule has 0 aromatic heterocycles. The van der Waals surface area contributed by atoms with Gasteiger partial charge < -0.3 is 5.32 Å². The van der Waals surface area contributed by atoms with Crippen molar-refractivity contribution in [3.05, 3.63) is 27.2 Å². The van der Waals surface area contributed by atoms with Crippen LogP contribution in [0.25, 0.3) is 0 Å². The average Bonchev–Trinajstić information content (AvgIpc) is 2.23. The second-order valence-corrected chi connectivity index (χ2v) is 9.24.